The zero-order valence-electron chi connectivity index (χ0n) is 6.46. The van der Waals surface area contributed by atoms with Crippen molar-refractivity contribution in [3.05, 3.63) is 30.6 Å². The smallest absolute Gasteiger partial charge is 2.00 e. The number of hydrogen-bond donors (Lipinski definition) is 0. The minimum absolute atomic E-state index is 0. The van der Waals surface area contributed by atoms with Crippen molar-refractivity contribution in [2.45, 2.75) is 0 Å². The Balaban J connectivity index is -0.0000000112. The molecule has 0 radical (unpaired) electrons. The SMILES string of the molecule is O=[N+]([O-])[O-].O=[N+]([O-])[O-].[K+].[Li+].[Mg+2].[O-2]. The molecule has 0 heterocycles. The van der Waals surface area contributed by atoms with Gasteiger partial charge in [0, 0.05) is 0 Å². The van der Waals surface area contributed by atoms with Crippen molar-refractivity contribution in [2.24, 2.45) is 0 Å². The molecule has 0 amide bonds. The molecule has 0 aliphatic carbocycles. The van der Waals surface area contributed by atoms with Crippen molar-refractivity contribution >= 4 is 23.1 Å². The molecule has 0 aromatic rings. The summed E-state index contributed by atoms with van der Waals surface area (Å²) in [7, 11) is 0. The van der Waals surface area contributed by atoms with E-state index in [-0.39, 0.29) is 98.8 Å². The molecule has 0 bridgehead atoms. The second kappa shape index (κ2) is 29.4. The maximum Gasteiger partial charge on any atom is 2.00 e. The van der Waals surface area contributed by atoms with Crippen LogP contribution >= 0.6 is 0 Å². The van der Waals surface area contributed by atoms with Crippen molar-refractivity contribution in [3.8, 4) is 0 Å². The zero-order valence-corrected chi connectivity index (χ0v) is 11.0. The Kier molecular flexibility index (Phi) is 92.5. The van der Waals surface area contributed by atoms with Crippen LogP contribution in [-0.2, 0) is 5.48 Å². The van der Waals surface area contributed by atoms with Crippen molar-refractivity contribution in [3.63, 3.8) is 0 Å². The Bertz CT molecular complexity index is 79.4. The molecule has 0 N–H and O–H groups in total. The van der Waals surface area contributed by atoms with Crippen molar-refractivity contribution < 1.29 is 85.9 Å². The van der Waals surface area contributed by atoms with Gasteiger partial charge in [0.05, 0.1) is 10.2 Å². The van der Waals surface area contributed by atoms with Crippen LogP contribution in [0.25, 0.3) is 0 Å². The predicted octanol–water partition coefficient (Wildman–Crippen LogP) is -6.97. The van der Waals surface area contributed by atoms with E-state index < -0.39 is 10.2 Å². The largest absolute Gasteiger partial charge is 2.00 e. The molecule has 0 rings (SSSR count). The number of rotatable bonds is 0. The summed E-state index contributed by atoms with van der Waals surface area (Å²) in [6.07, 6.45) is 0. The zero-order chi connectivity index (χ0) is 7.15. The number of hydrogen-bond acceptors (Lipinski definition) is 6. The molecule has 0 aromatic heterocycles. The fraction of sp³-hybridized carbons (Fsp3) is 0. The van der Waals surface area contributed by atoms with E-state index in [1.54, 1.807) is 0 Å². The Morgan fingerprint density at radius 3 is 0.833 bits per heavy atom. The van der Waals surface area contributed by atoms with Crippen LogP contribution in [0.3, 0.4) is 0 Å². The number of nitrogens with zero attached hydrogens (tertiary/aromatic N) is 2. The fourth-order valence-corrected chi connectivity index (χ4v) is 0. The first-order valence-corrected chi connectivity index (χ1v) is 1.10. The van der Waals surface area contributed by atoms with Gasteiger partial charge < -0.3 is 36.1 Å². The summed E-state index contributed by atoms with van der Waals surface area (Å²) >= 11 is 0. The molecule has 0 atom stereocenters. The molecular formula is KLiMgN2O7. The Hall–Kier alpha value is 1.36. The summed E-state index contributed by atoms with van der Waals surface area (Å²) in [5.41, 5.74) is 0. The summed E-state index contributed by atoms with van der Waals surface area (Å²) in [4.78, 5) is 16.5. The van der Waals surface area contributed by atoms with Gasteiger partial charge in [-0.2, -0.15) is 0 Å². The maximum atomic E-state index is 8.25. The van der Waals surface area contributed by atoms with Gasteiger partial charge in [0.15, 0.2) is 0 Å². The Labute approximate surface area is 137 Å². The van der Waals surface area contributed by atoms with Crippen LogP contribution in [0.15, 0.2) is 0 Å². The van der Waals surface area contributed by atoms with E-state index in [0.717, 1.165) is 0 Å². The van der Waals surface area contributed by atoms with Crippen LogP contribution in [0.5, 0.6) is 0 Å². The molecular weight excluding hydrogens is 210 g/mol. The Morgan fingerprint density at radius 2 is 0.833 bits per heavy atom. The topological polar surface area (TPSA) is 161 Å². The average molecular weight is 210 g/mol. The summed E-state index contributed by atoms with van der Waals surface area (Å²) in [6.45, 7) is 0. The van der Waals surface area contributed by atoms with Gasteiger partial charge in [0.25, 0.3) is 0 Å². The van der Waals surface area contributed by atoms with Crippen LogP contribution in [0.2, 0.25) is 0 Å². The quantitative estimate of drug-likeness (QED) is 0.219. The van der Waals surface area contributed by atoms with Crippen molar-refractivity contribution in [1.29, 1.82) is 0 Å². The van der Waals surface area contributed by atoms with Gasteiger partial charge in [-0.3, -0.25) is 0 Å². The summed E-state index contributed by atoms with van der Waals surface area (Å²) < 4.78 is 0. The van der Waals surface area contributed by atoms with E-state index in [0.29, 0.717) is 0 Å². The fourth-order valence-electron chi connectivity index (χ4n) is 0. The van der Waals surface area contributed by atoms with Gasteiger partial charge in [-0.25, -0.2) is 0 Å². The van der Waals surface area contributed by atoms with E-state index in [4.69, 9.17) is 30.6 Å². The third kappa shape index (κ3) is 659. The minimum Gasteiger partial charge on any atom is -2.00 e. The molecule has 0 fully saturated rings. The predicted molar refractivity (Wildman–Crippen MR) is 27.2 cm³/mol. The normalized spacial score (nSPS) is 4.00. The standard InChI is InChI=1S/K.Li.Mg.2NO3.O/c;;;2*2-1(3)4;/q2*+1;+2;2*-1;-2. The first-order valence-electron chi connectivity index (χ1n) is 1.10. The third-order valence-electron chi connectivity index (χ3n) is 0. The summed E-state index contributed by atoms with van der Waals surface area (Å²) in [6, 6.07) is 0. The molecule has 0 unspecified atom stereocenters. The van der Waals surface area contributed by atoms with Crippen molar-refractivity contribution in [2.75, 3.05) is 0 Å². The van der Waals surface area contributed by atoms with Crippen LogP contribution in [0.4, 0.5) is 0 Å². The molecule has 0 aliphatic rings. The molecule has 0 spiro atoms. The van der Waals surface area contributed by atoms with Crippen LogP contribution in [0, 0.1) is 30.6 Å². The van der Waals surface area contributed by atoms with E-state index in [1.165, 1.54) is 0 Å². The first-order chi connectivity index (χ1) is 3.46. The van der Waals surface area contributed by atoms with Gasteiger partial charge in [-0.1, -0.05) is 0 Å². The van der Waals surface area contributed by atoms with Gasteiger partial charge in [0.2, 0.25) is 0 Å². The monoisotopic (exact) mass is 210 g/mol. The van der Waals surface area contributed by atoms with Gasteiger partial charge in [-0.05, 0) is 0 Å². The molecule has 0 aromatic carbocycles. The van der Waals surface area contributed by atoms with Crippen LogP contribution in [-0.4, -0.2) is 33.2 Å². The minimum atomic E-state index is -1.75. The molecule has 56 valence electrons. The molecule has 9 nitrogen and oxygen atoms in total. The molecule has 0 saturated heterocycles. The molecule has 0 saturated carbocycles. The van der Waals surface area contributed by atoms with Crippen molar-refractivity contribution in [1.82, 2.24) is 0 Å². The van der Waals surface area contributed by atoms with Crippen LogP contribution in [0.1, 0.15) is 0 Å². The second-order valence-electron chi connectivity index (χ2n) is 0.447. The Morgan fingerprint density at radius 1 is 0.833 bits per heavy atom. The molecule has 12 heteroatoms. The second-order valence-corrected chi connectivity index (χ2v) is 0.447. The summed E-state index contributed by atoms with van der Waals surface area (Å²) in [5, 5.41) is 29.5. The van der Waals surface area contributed by atoms with E-state index in [9.17, 15) is 0 Å². The third-order valence-corrected chi connectivity index (χ3v) is 0. The molecule has 0 aliphatic heterocycles. The van der Waals surface area contributed by atoms with Gasteiger partial charge in [0.1, 0.15) is 0 Å². The summed E-state index contributed by atoms with van der Waals surface area (Å²) in [5.74, 6) is 0. The average Bonchev–Trinajstić information content (AvgIpc) is 1.25. The van der Waals surface area contributed by atoms with E-state index in [1.807, 2.05) is 0 Å². The van der Waals surface area contributed by atoms with Gasteiger partial charge >= 0.3 is 93.3 Å². The molecule has 12 heavy (non-hydrogen) atoms. The first kappa shape index (κ1) is 37.7. The maximum absolute atomic E-state index is 8.25. The van der Waals surface area contributed by atoms with E-state index in [2.05, 4.69) is 0 Å². The van der Waals surface area contributed by atoms with E-state index >= 15 is 0 Å². The van der Waals surface area contributed by atoms with Gasteiger partial charge in [-0.15, -0.1) is 0 Å². The van der Waals surface area contributed by atoms with Crippen LogP contribution < -0.4 is 70.2 Å².